The highest BCUT2D eigenvalue weighted by Crippen LogP contribution is 2.38. The molecule has 4 nitrogen and oxygen atoms in total. The van der Waals surface area contributed by atoms with Gasteiger partial charge in [0.25, 0.3) is 0 Å². The molecule has 3 N–H and O–H groups in total. The molecule has 1 unspecified atom stereocenters. The molecule has 114 valence electrons. The molecule has 0 aliphatic carbocycles. The minimum Gasteiger partial charge on any atom is -0.324 e. The number of aromatic amines is 1. The zero-order valence-corrected chi connectivity index (χ0v) is 13.4. The van der Waals surface area contributed by atoms with Crippen molar-refractivity contribution in [1.29, 1.82) is 0 Å². The lowest BCUT2D eigenvalue weighted by atomic mass is 9.99. The normalized spacial score (nSPS) is 12.8. The highest BCUT2D eigenvalue weighted by atomic mass is 35.5. The molecule has 21 heavy (non-hydrogen) atoms. The molecular weight excluding hydrogens is 291 g/mol. The van der Waals surface area contributed by atoms with Crippen molar-refractivity contribution in [3.63, 3.8) is 0 Å². The molecule has 1 heterocycles. The van der Waals surface area contributed by atoms with E-state index >= 15 is 0 Å². The highest BCUT2D eigenvalue weighted by molar-refractivity contribution is 6.34. The maximum Gasteiger partial charge on any atom is 0.149 e. The minimum atomic E-state index is -0.550. The summed E-state index contributed by atoms with van der Waals surface area (Å²) in [5.74, 6) is -0.550. The quantitative estimate of drug-likeness (QED) is 0.822. The van der Waals surface area contributed by atoms with E-state index in [9.17, 15) is 4.39 Å². The van der Waals surface area contributed by atoms with Crippen LogP contribution in [0.15, 0.2) is 17.3 Å². The van der Waals surface area contributed by atoms with Gasteiger partial charge in [0.2, 0.25) is 0 Å². The standard InChI is InChI=1S/C13H14ClFN4.C2H6/c1-4-8(17-3)10-7-5-18-19-13(7)9(6(2)16)12(15)11(10)14;1-2/h4-6H,3,16H2,1-2H3,(H,18,19);1-2H3/b8-4-;. The van der Waals surface area contributed by atoms with Crippen LogP contribution < -0.4 is 5.73 Å². The van der Waals surface area contributed by atoms with Crippen LogP contribution >= 0.6 is 11.6 Å². The number of rotatable bonds is 3. The number of aliphatic imine (C=N–C) groups is 1. The molecule has 0 aliphatic rings. The van der Waals surface area contributed by atoms with E-state index in [4.69, 9.17) is 17.3 Å². The van der Waals surface area contributed by atoms with Crippen LogP contribution in [-0.4, -0.2) is 16.9 Å². The molecule has 1 atom stereocenters. The summed E-state index contributed by atoms with van der Waals surface area (Å²) >= 11 is 6.13. The lowest BCUT2D eigenvalue weighted by molar-refractivity contribution is 0.597. The van der Waals surface area contributed by atoms with Gasteiger partial charge in [-0.1, -0.05) is 31.5 Å². The molecule has 6 heteroatoms. The molecule has 0 amide bonds. The topological polar surface area (TPSA) is 67.1 Å². The molecule has 0 bridgehead atoms. The summed E-state index contributed by atoms with van der Waals surface area (Å²) in [7, 11) is 0. The van der Waals surface area contributed by atoms with Gasteiger partial charge in [-0.2, -0.15) is 5.10 Å². The van der Waals surface area contributed by atoms with Crippen molar-refractivity contribution in [1.82, 2.24) is 10.2 Å². The lowest BCUT2D eigenvalue weighted by Gasteiger charge is -2.14. The average Bonchev–Trinajstić information content (AvgIpc) is 2.94. The second kappa shape index (κ2) is 7.33. The first-order valence-electron chi connectivity index (χ1n) is 6.75. The molecular formula is C15H20ClFN4. The van der Waals surface area contributed by atoms with E-state index < -0.39 is 11.9 Å². The number of hydrogen-bond donors (Lipinski definition) is 2. The van der Waals surface area contributed by atoms with Crippen LogP contribution in [0.2, 0.25) is 5.02 Å². The molecule has 2 aromatic rings. The van der Waals surface area contributed by atoms with Crippen molar-refractivity contribution in [3.8, 4) is 0 Å². The predicted octanol–water partition coefficient (Wildman–Crippen LogP) is 4.46. The fourth-order valence-electron chi connectivity index (χ4n) is 2.13. The first kappa shape index (κ1) is 17.3. The number of nitrogens with one attached hydrogen (secondary N) is 1. The van der Waals surface area contributed by atoms with E-state index in [1.165, 1.54) is 0 Å². The molecule has 0 aliphatic heterocycles. The minimum absolute atomic E-state index is 0.0123. The van der Waals surface area contributed by atoms with E-state index in [2.05, 4.69) is 21.9 Å². The van der Waals surface area contributed by atoms with Gasteiger partial charge in [0.05, 0.1) is 22.4 Å². The van der Waals surface area contributed by atoms with Gasteiger partial charge in [0.1, 0.15) is 5.82 Å². The largest absolute Gasteiger partial charge is 0.324 e. The van der Waals surface area contributed by atoms with Gasteiger partial charge in [-0.05, 0) is 20.6 Å². The average molecular weight is 311 g/mol. The van der Waals surface area contributed by atoms with Gasteiger partial charge in [0, 0.05) is 22.6 Å². The third-order valence-corrected chi connectivity index (χ3v) is 3.34. The van der Waals surface area contributed by atoms with Crippen LogP contribution in [0.4, 0.5) is 4.39 Å². The number of H-pyrrole nitrogens is 1. The van der Waals surface area contributed by atoms with Crippen LogP contribution in [0.1, 0.15) is 44.9 Å². The summed E-state index contributed by atoms with van der Waals surface area (Å²) in [5.41, 5.74) is 7.64. The number of nitrogens with two attached hydrogens (primary N) is 1. The van der Waals surface area contributed by atoms with E-state index in [1.807, 2.05) is 13.8 Å². The van der Waals surface area contributed by atoms with E-state index in [0.29, 0.717) is 27.7 Å². The zero-order chi connectivity index (χ0) is 16.2. The molecule has 0 saturated heterocycles. The fraction of sp³-hybridized carbons (Fsp3) is 0.333. The van der Waals surface area contributed by atoms with Gasteiger partial charge >= 0.3 is 0 Å². The Hall–Kier alpha value is -1.72. The third-order valence-electron chi connectivity index (χ3n) is 2.98. The van der Waals surface area contributed by atoms with Crippen molar-refractivity contribution in [2.24, 2.45) is 10.7 Å². The van der Waals surface area contributed by atoms with Crippen LogP contribution in [-0.2, 0) is 0 Å². The molecule has 2 rings (SSSR count). The molecule has 0 radical (unpaired) electrons. The van der Waals surface area contributed by atoms with Crippen molar-refractivity contribution < 1.29 is 4.39 Å². The summed E-state index contributed by atoms with van der Waals surface area (Å²) in [5, 5.41) is 7.37. The van der Waals surface area contributed by atoms with Crippen molar-refractivity contribution in [3.05, 3.63) is 34.2 Å². The summed E-state index contributed by atoms with van der Waals surface area (Å²) in [6.45, 7) is 10.9. The molecule has 0 fully saturated rings. The second-order valence-electron chi connectivity index (χ2n) is 4.20. The van der Waals surface area contributed by atoms with Gasteiger partial charge < -0.3 is 5.73 Å². The smallest absolute Gasteiger partial charge is 0.149 e. The van der Waals surface area contributed by atoms with Crippen molar-refractivity contribution in [2.45, 2.75) is 33.7 Å². The third kappa shape index (κ3) is 2.99. The molecule has 1 aromatic carbocycles. The van der Waals surface area contributed by atoms with Crippen molar-refractivity contribution in [2.75, 3.05) is 0 Å². The fourth-order valence-corrected chi connectivity index (χ4v) is 2.43. The summed E-state index contributed by atoms with van der Waals surface area (Å²) < 4.78 is 14.4. The van der Waals surface area contributed by atoms with Crippen LogP contribution in [0, 0.1) is 5.82 Å². The SMILES string of the molecule is C=N/C(=C\C)c1c(Cl)c(F)c(C(C)N)c2[nH]ncc12.CC. The number of halogens is 2. The maximum absolute atomic E-state index is 14.4. The Balaban J connectivity index is 0.00000106. The zero-order valence-electron chi connectivity index (χ0n) is 12.7. The number of aromatic nitrogens is 2. The van der Waals surface area contributed by atoms with E-state index in [0.717, 1.165) is 0 Å². The molecule has 1 aromatic heterocycles. The number of benzene rings is 1. The maximum atomic E-state index is 14.4. The van der Waals surface area contributed by atoms with Crippen LogP contribution in [0.25, 0.3) is 16.6 Å². The molecule has 0 spiro atoms. The van der Waals surface area contributed by atoms with Gasteiger partial charge in [-0.3, -0.25) is 10.1 Å². The molecule has 0 saturated carbocycles. The van der Waals surface area contributed by atoms with E-state index in [1.54, 1.807) is 26.1 Å². The number of hydrogen-bond acceptors (Lipinski definition) is 3. The van der Waals surface area contributed by atoms with Crippen LogP contribution in [0.5, 0.6) is 0 Å². The Morgan fingerprint density at radius 2 is 2.19 bits per heavy atom. The van der Waals surface area contributed by atoms with Gasteiger partial charge in [-0.15, -0.1) is 0 Å². The van der Waals surface area contributed by atoms with E-state index in [-0.39, 0.29) is 5.02 Å². The second-order valence-corrected chi connectivity index (χ2v) is 4.57. The summed E-state index contributed by atoms with van der Waals surface area (Å²) in [6, 6.07) is -0.500. The highest BCUT2D eigenvalue weighted by Gasteiger charge is 2.23. The Morgan fingerprint density at radius 1 is 1.57 bits per heavy atom. The Labute approximate surface area is 128 Å². The first-order valence-corrected chi connectivity index (χ1v) is 7.13. The monoisotopic (exact) mass is 310 g/mol. The number of nitrogens with zero attached hydrogens (tertiary/aromatic N) is 2. The lowest BCUT2D eigenvalue weighted by Crippen LogP contribution is -2.10. The Bertz CT molecular complexity index is 674. The predicted molar refractivity (Wildman–Crippen MR) is 88.2 cm³/mol. The van der Waals surface area contributed by atoms with Crippen LogP contribution in [0.3, 0.4) is 0 Å². The Kier molecular flexibility index (Phi) is 6.05. The van der Waals surface area contributed by atoms with Crippen molar-refractivity contribution >= 4 is 34.9 Å². The van der Waals surface area contributed by atoms with Gasteiger partial charge in [-0.25, -0.2) is 4.39 Å². The summed E-state index contributed by atoms with van der Waals surface area (Å²) in [6.07, 6.45) is 3.29. The Morgan fingerprint density at radius 3 is 2.67 bits per heavy atom. The van der Waals surface area contributed by atoms with Gasteiger partial charge in [0.15, 0.2) is 0 Å². The summed E-state index contributed by atoms with van der Waals surface area (Å²) in [4.78, 5) is 3.87. The first-order chi connectivity index (χ1) is 10.0. The number of fused-ring (bicyclic) bond motifs is 1. The number of allylic oxidation sites excluding steroid dienone is 1.